The molecular formula is C8H17O4. The SMILES string of the molecule is [CH2]OCCOCCOCCOC. The smallest absolute Gasteiger partial charge is 0.0701 e. The first-order valence-corrected chi connectivity index (χ1v) is 3.93. The summed E-state index contributed by atoms with van der Waals surface area (Å²) in [6.45, 7) is 3.52. The van der Waals surface area contributed by atoms with E-state index in [1.807, 2.05) is 0 Å². The van der Waals surface area contributed by atoms with Gasteiger partial charge in [0.05, 0.1) is 46.8 Å². The third kappa shape index (κ3) is 9.84. The molecule has 0 fully saturated rings. The second-order valence-electron chi connectivity index (χ2n) is 2.13. The topological polar surface area (TPSA) is 36.9 Å². The lowest BCUT2D eigenvalue weighted by molar-refractivity contribution is 0.0138. The minimum Gasteiger partial charge on any atom is -0.382 e. The fraction of sp³-hybridized carbons (Fsp3) is 0.875. The highest BCUT2D eigenvalue weighted by Crippen LogP contribution is 1.80. The van der Waals surface area contributed by atoms with E-state index in [2.05, 4.69) is 11.8 Å². The van der Waals surface area contributed by atoms with Crippen molar-refractivity contribution in [2.24, 2.45) is 0 Å². The lowest BCUT2D eigenvalue weighted by Gasteiger charge is -2.04. The molecule has 1 radical (unpaired) electrons. The van der Waals surface area contributed by atoms with Crippen LogP contribution in [0.3, 0.4) is 0 Å². The Kier molecular flexibility index (Phi) is 10.7. The largest absolute Gasteiger partial charge is 0.382 e. The van der Waals surface area contributed by atoms with Gasteiger partial charge in [0.2, 0.25) is 0 Å². The molecule has 73 valence electrons. The number of hydrogen-bond acceptors (Lipinski definition) is 4. The average molecular weight is 177 g/mol. The van der Waals surface area contributed by atoms with Gasteiger partial charge in [-0.1, -0.05) is 0 Å². The molecule has 0 atom stereocenters. The third-order valence-corrected chi connectivity index (χ3v) is 1.18. The van der Waals surface area contributed by atoms with E-state index >= 15 is 0 Å². The molecule has 4 heteroatoms. The van der Waals surface area contributed by atoms with Crippen molar-refractivity contribution in [2.75, 3.05) is 46.8 Å². The number of ether oxygens (including phenoxy) is 4. The zero-order chi connectivity index (χ0) is 9.07. The summed E-state index contributed by atoms with van der Waals surface area (Å²) in [6.07, 6.45) is 0. The Morgan fingerprint density at radius 3 is 1.83 bits per heavy atom. The maximum atomic E-state index is 5.15. The van der Waals surface area contributed by atoms with E-state index in [0.29, 0.717) is 39.6 Å². The van der Waals surface area contributed by atoms with Gasteiger partial charge in [-0.2, -0.15) is 0 Å². The first kappa shape index (κ1) is 11.8. The second-order valence-corrected chi connectivity index (χ2v) is 2.13. The van der Waals surface area contributed by atoms with Gasteiger partial charge in [0.1, 0.15) is 0 Å². The van der Waals surface area contributed by atoms with Crippen LogP contribution in [0.5, 0.6) is 0 Å². The Labute approximate surface area is 73.7 Å². The molecule has 0 aromatic heterocycles. The minimum atomic E-state index is 0.526. The molecular weight excluding hydrogens is 160 g/mol. The van der Waals surface area contributed by atoms with Crippen molar-refractivity contribution < 1.29 is 18.9 Å². The molecule has 0 aliphatic heterocycles. The van der Waals surface area contributed by atoms with E-state index in [0.717, 1.165) is 0 Å². The Morgan fingerprint density at radius 2 is 1.33 bits per heavy atom. The quantitative estimate of drug-likeness (QED) is 0.480. The Morgan fingerprint density at radius 1 is 0.833 bits per heavy atom. The van der Waals surface area contributed by atoms with Crippen LogP contribution in [0.1, 0.15) is 0 Å². The highest BCUT2D eigenvalue weighted by Gasteiger charge is 1.88. The van der Waals surface area contributed by atoms with Crippen LogP contribution in [-0.4, -0.2) is 46.8 Å². The standard InChI is InChI=1S/C8H17O4/c1-9-3-5-11-7-8-12-6-4-10-2/h1,3-8H2,2H3. The van der Waals surface area contributed by atoms with Gasteiger partial charge in [-0.25, -0.2) is 0 Å². The summed E-state index contributed by atoms with van der Waals surface area (Å²) in [5.41, 5.74) is 0. The Balaban J connectivity index is 2.73. The van der Waals surface area contributed by atoms with Gasteiger partial charge in [-0.15, -0.1) is 0 Å². The summed E-state index contributed by atoms with van der Waals surface area (Å²) in [5, 5.41) is 0. The van der Waals surface area contributed by atoms with Crippen LogP contribution in [0.4, 0.5) is 0 Å². The zero-order valence-electron chi connectivity index (χ0n) is 7.58. The van der Waals surface area contributed by atoms with E-state index < -0.39 is 0 Å². The maximum Gasteiger partial charge on any atom is 0.0701 e. The summed E-state index contributed by atoms with van der Waals surface area (Å²) in [4.78, 5) is 0. The zero-order valence-corrected chi connectivity index (χ0v) is 7.58. The molecule has 0 N–H and O–H groups in total. The molecule has 0 heterocycles. The average Bonchev–Trinajstić information content (AvgIpc) is 2.10. The van der Waals surface area contributed by atoms with Crippen LogP contribution in [0.2, 0.25) is 0 Å². The molecule has 0 saturated heterocycles. The van der Waals surface area contributed by atoms with Crippen LogP contribution in [0.15, 0.2) is 0 Å². The number of hydrogen-bond donors (Lipinski definition) is 0. The van der Waals surface area contributed by atoms with Crippen molar-refractivity contribution >= 4 is 0 Å². The summed E-state index contributed by atoms with van der Waals surface area (Å²) < 4.78 is 19.6. The third-order valence-electron chi connectivity index (χ3n) is 1.18. The lowest BCUT2D eigenvalue weighted by atomic mass is 10.7. The molecule has 0 aliphatic carbocycles. The summed E-state index contributed by atoms with van der Waals surface area (Å²) in [5.74, 6) is 0. The fourth-order valence-electron chi connectivity index (χ4n) is 0.582. The van der Waals surface area contributed by atoms with Crippen molar-refractivity contribution in [3.05, 3.63) is 7.11 Å². The van der Waals surface area contributed by atoms with Crippen LogP contribution >= 0.6 is 0 Å². The number of methoxy groups -OCH3 is 1. The molecule has 0 spiro atoms. The molecule has 4 nitrogen and oxygen atoms in total. The normalized spacial score (nSPS) is 10.5. The van der Waals surface area contributed by atoms with Crippen molar-refractivity contribution in [1.29, 1.82) is 0 Å². The first-order valence-electron chi connectivity index (χ1n) is 3.93. The first-order chi connectivity index (χ1) is 5.91. The Hall–Kier alpha value is -0.160. The van der Waals surface area contributed by atoms with E-state index in [-0.39, 0.29) is 0 Å². The molecule has 12 heavy (non-hydrogen) atoms. The minimum absolute atomic E-state index is 0.526. The van der Waals surface area contributed by atoms with Crippen molar-refractivity contribution in [1.82, 2.24) is 0 Å². The molecule has 0 aromatic rings. The molecule has 0 bridgehead atoms. The van der Waals surface area contributed by atoms with E-state index in [1.165, 1.54) is 0 Å². The van der Waals surface area contributed by atoms with Gasteiger partial charge in [-0.3, -0.25) is 0 Å². The monoisotopic (exact) mass is 177 g/mol. The van der Waals surface area contributed by atoms with Gasteiger partial charge in [0.25, 0.3) is 0 Å². The summed E-state index contributed by atoms with van der Waals surface area (Å²) >= 11 is 0. The molecule has 0 aliphatic rings. The van der Waals surface area contributed by atoms with Crippen molar-refractivity contribution in [3.8, 4) is 0 Å². The maximum absolute atomic E-state index is 5.15. The highest BCUT2D eigenvalue weighted by atomic mass is 16.5. The molecule has 0 aromatic carbocycles. The van der Waals surface area contributed by atoms with Crippen molar-refractivity contribution in [2.45, 2.75) is 0 Å². The predicted octanol–water partition coefficient (Wildman–Crippen LogP) is 0.474. The van der Waals surface area contributed by atoms with Gasteiger partial charge in [-0.05, 0) is 0 Å². The van der Waals surface area contributed by atoms with Crippen LogP contribution < -0.4 is 0 Å². The van der Waals surface area contributed by atoms with E-state index in [9.17, 15) is 0 Å². The highest BCUT2D eigenvalue weighted by molar-refractivity contribution is 4.32. The van der Waals surface area contributed by atoms with Gasteiger partial charge in [0, 0.05) is 7.11 Å². The molecule has 0 amide bonds. The van der Waals surface area contributed by atoms with Crippen LogP contribution in [-0.2, 0) is 18.9 Å². The van der Waals surface area contributed by atoms with Gasteiger partial charge in [0.15, 0.2) is 0 Å². The second kappa shape index (κ2) is 10.8. The summed E-state index contributed by atoms with van der Waals surface area (Å²) in [6, 6.07) is 0. The van der Waals surface area contributed by atoms with E-state index in [4.69, 9.17) is 14.2 Å². The van der Waals surface area contributed by atoms with Crippen LogP contribution in [0.25, 0.3) is 0 Å². The summed E-state index contributed by atoms with van der Waals surface area (Å²) in [7, 11) is 4.86. The van der Waals surface area contributed by atoms with Gasteiger partial charge < -0.3 is 18.9 Å². The molecule has 0 rings (SSSR count). The lowest BCUT2D eigenvalue weighted by Crippen LogP contribution is -2.10. The van der Waals surface area contributed by atoms with E-state index in [1.54, 1.807) is 7.11 Å². The number of rotatable bonds is 9. The van der Waals surface area contributed by atoms with Crippen molar-refractivity contribution in [3.63, 3.8) is 0 Å². The van der Waals surface area contributed by atoms with Gasteiger partial charge >= 0.3 is 0 Å². The molecule has 0 unspecified atom stereocenters. The Bertz CT molecular complexity index is 67.5. The predicted molar refractivity (Wildman–Crippen MR) is 44.8 cm³/mol. The van der Waals surface area contributed by atoms with Crippen LogP contribution in [0, 0.1) is 7.11 Å². The molecule has 0 saturated carbocycles. The fourth-order valence-corrected chi connectivity index (χ4v) is 0.582.